The molecule has 0 radical (unpaired) electrons. The van der Waals surface area contributed by atoms with E-state index in [0.717, 1.165) is 0 Å². The minimum absolute atomic E-state index is 0.0865. The summed E-state index contributed by atoms with van der Waals surface area (Å²) >= 11 is 0. The van der Waals surface area contributed by atoms with Crippen molar-refractivity contribution in [3.8, 4) is 0 Å². The molecule has 4 atom stereocenters. The number of imidazole rings is 1. The van der Waals surface area contributed by atoms with Gasteiger partial charge in [-0.1, -0.05) is 6.58 Å². The lowest BCUT2D eigenvalue weighted by atomic mass is 9.94. The Kier molecular flexibility index (Phi) is 3.84. The standard InChI is InChI=1S/C14H17N5O5/c1-6(2)10(22)14(11(23)9(21)7(3-20)24-14)19-5-18-8-12(15)16-4-17-13(8)19/h4-5,7,9,11,20-21,23H,1,3H2,2H3,(H2,15,16,17)/t7-,9-,11-,14-/m1/s1. The van der Waals surface area contributed by atoms with Crippen molar-refractivity contribution in [2.45, 2.75) is 31.0 Å². The highest BCUT2D eigenvalue weighted by molar-refractivity contribution is 6.01. The van der Waals surface area contributed by atoms with Crippen LogP contribution in [-0.2, 0) is 15.3 Å². The van der Waals surface area contributed by atoms with Gasteiger partial charge in [0.1, 0.15) is 36.5 Å². The van der Waals surface area contributed by atoms with E-state index in [-0.39, 0.29) is 22.6 Å². The molecule has 10 nitrogen and oxygen atoms in total. The summed E-state index contributed by atoms with van der Waals surface area (Å²) in [6, 6.07) is 0. The lowest BCUT2D eigenvalue weighted by Crippen LogP contribution is -2.52. The topological polar surface area (TPSA) is 157 Å². The van der Waals surface area contributed by atoms with Gasteiger partial charge in [-0.05, 0) is 12.5 Å². The van der Waals surface area contributed by atoms with Gasteiger partial charge < -0.3 is 25.8 Å². The average Bonchev–Trinajstić information content (AvgIpc) is 3.09. The number of carbonyl (C=O) groups is 1. The third kappa shape index (κ3) is 2.04. The van der Waals surface area contributed by atoms with Crippen molar-refractivity contribution in [3.63, 3.8) is 0 Å². The number of carbonyl (C=O) groups excluding carboxylic acids is 1. The van der Waals surface area contributed by atoms with Gasteiger partial charge in [0.05, 0.1) is 6.61 Å². The summed E-state index contributed by atoms with van der Waals surface area (Å²) < 4.78 is 6.78. The Morgan fingerprint density at radius 1 is 1.46 bits per heavy atom. The molecule has 0 spiro atoms. The summed E-state index contributed by atoms with van der Waals surface area (Å²) in [5.74, 6) is -0.593. The molecule has 0 aromatic carbocycles. The van der Waals surface area contributed by atoms with E-state index < -0.39 is 36.4 Å². The molecule has 0 saturated carbocycles. The highest BCUT2D eigenvalue weighted by Crippen LogP contribution is 2.39. The Balaban J connectivity index is 2.28. The van der Waals surface area contributed by atoms with Crippen LogP contribution in [0.3, 0.4) is 0 Å². The van der Waals surface area contributed by atoms with Gasteiger partial charge in [-0.2, -0.15) is 0 Å². The molecule has 0 unspecified atom stereocenters. The molecule has 5 N–H and O–H groups in total. The molecule has 1 aliphatic heterocycles. The molecule has 1 fully saturated rings. The number of Topliss-reactive ketones (excluding diaryl/α,β-unsaturated/α-hetero) is 1. The summed E-state index contributed by atoms with van der Waals surface area (Å²) in [5.41, 5.74) is 4.12. The van der Waals surface area contributed by atoms with E-state index in [1.165, 1.54) is 24.1 Å². The number of hydrogen-bond acceptors (Lipinski definition) is 9. The molecule has 0 aliphatic carbocycles. The minimum Gasteiger partial charge on any atom is -0.394 e. The normalized spacial score (nSPS) is 29.9. The number of nitrogens with zero attached hydrogens (tertiary/aromatic N) is 4. The van der Waals surface area contributed by atoms with E-state index in [4.69, 9.17) is 10.5 Å². The molecular formula is C14H17N5O5. The van der Waals surface area contributed by atoms with Crippen molar-refractivity contribution in [1.29, 1.82) is 0 Å². The number of anilines is 1. The fourth-order valence-electron chi connectivity index (χ4n) is 2.85. The highest BCUT2D eigenvalue weighted by Gasteiger charge is 2.60. The van der Waals surface area contributed by atoms with Crippen molar-refractivity contribution >= 4 is 22.8 Å². The summed E-state index contributed by atoms with van der Waals surface area (Å²) in [4.78, 5) is 24.7. The van der Waals surface area contributed by atoms with Crippen LogP contribution in [0.5, 0.6) is 0 Å². The van der Waals surface area contributed by atoms with Crippen LogP contribution in [0.15, 0.2) is 24.8 Å². The number of nitrogen functional groups attached to an aromatic ring is 1. The molecule has 1 saturated heterocycles. The first-order chi connectivity index (χ1) is 11.3. The fraction of sp³-hybridized carbons (Fsp3) is 0.429. The maximum atomic E-state index is 12.8. The Labute approximate surface area is 136 Å². The number of hydrogen-bond donors (Lipinski definition) is 4. The van der Waals surface area contributed by atoms with Gasteiger partial charge in [0.2, 0.25) is 11.5 Å². The molecule has 2 aromatic rings. The lowest BCUT2D eigenvalue weighted by Gasteiger charge is -2.32. The minimum atomic E-state index is -2.06. The van der Waals surface area contributed by atoms with E-state index in [1.807, 2.05) is 0 Å². The summed E-state index contributed by atoms with van der Waals surface area (Å²) in [6.07, 6.45) is -1.94. The van der Waals surface area contributed by atoms with Gasteiger partial charge >= 0.3 is 0 Å². The molecule has 10 heteroatoms. The number of rotatable bonds is 4. The number of fused-ring (bicyclic) bond motifs is 1. The van der Waals surface area contributed by atoms with Crippen molar-refractivity contribution < 1.29 is 24.9 Å². The van der Waals surface area contributed by atoms with Crippen molar-refractivity contribution in [1.82, 2.24) is 19.5 Å². The Hall–Kier alpha value is -2.40. The van der Waals surface area contributed by atoms with E-state index in [2.05, 4.69) is 21.5 Å². The zero-order valence-electron chi connectivity index (χ0n) is 12.8. The van der Waals surface area contributed by atoms with E-state index in [1.54, 1.807) is 0 Å². The van der Waals surface area contributed by atoms with Gasteiger partial charge in [-0.15, -0.1) is 0 Å². The average molecular weight is 335 g/mol. The second-order valence-corrected chi connectivity index (χ2v) is 5.63. The first-order valence-electron chi connectivity index (χ1n) is 7.13. The lowest BCUT2D eigenvalue weighted by molar-refractivity contribution is -0.169. The smallest absolute Gasteiger partial charge is 0.241 e. The summed E-state index contributed by atoms with van der Waals surface area (Å²) in [6.45, 7) is 4.44. The summed E-state index contributed by atoms with van der Waals surface area (Å²) in [5, 5.41) is 30.1. The number of aliphatic hydroxyl groups excluding tert-OH is 3. The third-order valence-corrected chi connectivity index (χ3v) is 4.05. The number of aromatic nitrogens is 4. The molecule has 128 valence electrons. The molecule has 0 amide bonds. The first kappa shape index (κ1) is 16.5. The number of ether oxygens (including phenoxy) is 1. The van der Waals surface area contributed by atoms with Gasteiger partial charge in [0, 0.05) is 0 Å². The van der Waals surface area contributed by atoms with Crippen molar-refractivity contribution in [2.24, 2.45) is 0 Å². The van der Waals surface area contributed by atoms with Crippen LogP contribution >= 0.6 is 0 Å². The van der Waals surface area contributed by atoms with Crippen LogP contribution in [0.1, 0.15) is 6.92 Å². The number of aliphatic hydroxyl groups is 3. The zero-order chi connectivity index (χ0) is 17.6. The van der Waals surface area contributed by atoms with Crippen LogP contribution < -0.4 is 5.73 Å². The Morgan fingerprint density at radius 3 is 2.75 bits per heavy atom. The van der Waals surface area contributed by atoms with Gasteiger partial charge in [-0.3, -0.25) is 9.36 Å². The van der Waals surface area contributed by atoms with Gasteiger partial charge in [-0.25, -0.2) is 15.0 Å². The molecular weight excluding hydrogens is 318 g/mol. The Morgan fingerprint density at radius 2 is 2.17 bits per heavy atom. The Bertz CT molecular complexity index is 821. The molecule has 24 heavy (non-hydrogen) atoms. The van der Waals surface area contributed by atoms with Crippen molar-refractivity contribution in [2.75, 3.05) is 12.3 Å². The third-order valence-electron chi connectivity index (χ3n) is 4.05. The zero-order valence-corrected chi connectivity index (χ0v) is 12.8. The predicted octanol–water partition coefficient (Wildman–Crippen LogP) is -1.68. The van der Waals surface area contributed by atoms with Crippen LogP contribution in [0.4, 0.5) is 5.82 Å². The second-order valence-electron chi connectivity index (χ2n) is 5.63. The van der Waals surface area contributed by atoms with E-state index >= 15 is 0 Å². The quantitative estimate of drug-likeness (QED) is 0.479. The fourth-order valence-corrected chi connectivity index (χ4v) is 2.85. The largest absolute Gasteiger partial charge is 0.394 e. The SMILES string of the molecule is C=C(C)C(=O)[C@@]1(n2cnc3c(N)ncnc32)O[C@H](CO)[C@@H](O)[C@H]1O. The molecule has 0 bridgehead atoms. The maximum Gasteiger partial charge on any atom is 0.241 e. The number of nitrogens with two attached hydrogens (primary N) is 1. The number of ketones is 1. The second kappa shape index (κ2) is 5.60. The van der Waals surface area contributed by atoms with Crippen LogP contribution in [-0.4, -0.2) is 65.5 Å². The highest BCUT2D eigenvalue weighted by atomic mass is 16.6. The van der Waals surface area contributed by atoms with E-state index in [0.29, 0.717) is 0 Å². The molecule has 3 heterocycles. The van der Waals surface area contributed by atoms with Gasteiger partial charge in [0.15, 0.2) is 11.5 Å². The van der Waals surface area contributed by atoms with Crippen LogP contribution in [0, 0.1) is 0 Å². The molecule has 2 aromatic heterocycles. The van der Waals surface area contributed by atoms with Crippen LogP contribution in [0.2, 0.25) is 0 Å². The first-order valence-corrected chi connectivity index (χ1v) is 7.13. The van der Waals surface area contributed by atoms with Crippen LogP contribution in [0.25, 0.3) is 11.2 Å². The van der Waals surface area contributed by atoms with Gasteiger partial charge in [0.25, 0.3) is 0 Å². The summed E-state index contributed by atoms with van der Waals surface area (Å²) in [7, 11) is 0. The monoisotopic (exact) mass is 335 g/mol. The predicted molar refractivity (Wildman–Crippen MR) is 81.5 cm³/mol. The molecule has 3 rings (SSSR count). The van der Waals surface area contributed by atoms with E-state index in [9.17, 15) is 20.1 Å². The van der Waals surface area contributed by atoms with Crippen molar-refractivity contribution in [3.05, 3.63) is 24.8 Å². The molecule has 1 aliphatic rings. The maximum absolute atomic E-state index is 12.8.